The van der Waals surface area contributed by atoms with Crippen LogP contribution < -0.4 is 4.90 Å². The Hall–Kier alpha value is -4.26. The van der Waals surface area contributed by atoms with E-state index >= 15 is 8.78 Å². The molecule has 0 unspecified atom stereocenters. The van der Waals surface area contributed by atoms with Crippen LogP contribution in [0.2, 0.25) is 0 Å². The van der Waals surface area contributed by atoms with Crippen LogP contribution in [0.4, 0.5) is 14.5 Å². The Kier molecular flexibility index (Phi) is 7.08. The van der Waals surface area contributed by atoms with Gasteiger partial charge in [0.15, 0.2) is 0 Å². The summed E-state index contributed by atoms with van der Waals surface area (Å²) in [5.41, 5.74) is 6.00. The molecule has 4 aromatic rings. The van der Waals surface area contributed by atoms with Crippen molar-refractivity contribution in [3.63, 3.8) is 0 Å². The Morgan fingerprint density at radius 3 is 2.33 bits per heavy atom. The first kappa shape index (κ1) is 26.4. The van der Waals surface area contributed by atoms with Gasteiger partial charge < -0.3 is 10.0 Å². The van der Waals surface area contributed by atoms with Crippen LogP contribution in [0.15, 0.2) is 73.1 Å². The monoisotopic (exact) mass is 527 g/mol. The van der Waals surface area contributed by atoms with E-state index in [1.54, 1.807) is 10.9 Å². The van der Waals surface area contributed by atoms with Crippen LogP contribution in [-0.4, -0.2) is 26.9 Å². The fourth-order valence-electron chi connectivity index (χ4n) is 5.48. The lowest BCUT2D eigenvalue weighted by Crippen LogP contribution is -2.43. The molecule has 0 aliphatic carbocycles. The van der Waals surface area contributed by atoms with Gasteiger partial charge in [0.05, 0.1) is 17.8 Å². The smallest absolute Gasteiger partial charge is 0.328 e. The van der Waals surface area contributed by atoms with Crippen molar-refractivity contribution in [2.75, 3.05) is 4.90 Å². The topological polar surface area (TPSA) is 58.4 Å². The molecule has 0 fully saturated rings. The second kappa shape index (κ2) is 10.5. The molecule has 1 aliphatic rings. The van der Waals surface area contributed by atoms with Gasteiger partial charge in [0.25, 0.3) is 0 Å². The van der Waals surface area contributed by atoms with Crippen molar-refractivity contribution < 1.29 is 18.7 Å². The molecule has 1 aromatic heterocycles. The summed E-state index contributed by atoms with van der Waals surface area (Å²) in [5.74, 6) is -2.26. The van der Waals surface area contributed by atoms with Crippen LogP contribution in [0.5, 0.6) is 0 Å². The Balaban J connectivity index is 1.67. The Bertz CT molecular complexity index is 1530. The number of carboxylic acids is 1. The first-order valence-electron chi connectivity index (χ1n) is 13.0. The number of aryl methyl sites for hydroxylation is 1. The predicted molar refractivity (Wildman–Crippen MR) is 150 cm³/mol. The van der Waals surface area contributed by atoms with Gasteiger partial charge in [-0.2, -0.15) is 5.10 Å². The van der Waals surface area contributed by atoms with E-state index in [1.807, 2.05) is 37.5 Å². The molecular formula is C32H31F2N3O2. The van der Waals surface area contributed by atoms with Gasteiger partial charge in [-0.15, -0.1) is 0 Å². The maximum Gasteiger partial charge on any atom is 0.328 e. The van der Waals surface area contributed by atoms with Crippen molar-refractivity contribution in [1.82, 2.24) is 9.78 Å². The van der Waals surface area contributed by atoms with Crippen molar-refractivity contribution in [2.45, 2.75) is 45.2 Å². The van der Waals surface area contributed by atoms with Crippen molar-refractivity contribution in [1.29, 1.82) is 0 Å². The highest BCUT2D eigenvalue weighted by Gasteiger charge is 2.37. The molecule has 3 aromatic carbocycles. The molecular weight excluding hydrogens is 496 g/mol. The van der Waals surface area contributed by atoms with E-state index in [-0.39, 0.29) is 17.2 Å². The van der Waals surface area contributed by atoms with Crippen molar-refractivity contribution in [2.24, 2.45) is 7.05 Å². The van der Waals surface area contributed by atoms with Gasteiger partial charge in [0.1, 0.15) is 11.6 Å². The first-order valence-corrected chi connectivity index (χ1v) is 13.0. The van der Waals surface area contributed by atoms with E-state index in [4.69, 9.17) is 5.11 Å². The number of anilines is 1. The van der Waals surface area contributed by atoms with Crippen molar-refractivity contribution in [3.05, 3.63) is 113 Å². The highest BCUT2D eigenvalue weighted by atomic mass is 19.1. The van der Waals surface area contributed by atoms with E-state index in [0.717, 1.165) is 34.0 Å². The standard InChI is InChI=1S/C32H31F2N3O2/c1-19(2)22-6-9-26(10-7-22)37-20(3)13-24-16-23(25-17-35-36(4)18-25)8-11-27(24)32(37)31-28(33)14-21(15-29(31)34)5-12-30(38)39/h5-12,14-20,32H,13H2,1-4H3,(H,38,39)/b12-5+/t20-,32+/m1/s1. The number of hydrogen-bond acceptors (Lipinski definition) is 3. The second-order valence-corrected chi connectivity index (χ2v) is 10.5. The molecule has 0 radical (unpaired) electrons. The van der Waals surface area contributed by atoms with Crippen LogP contribution in [0.25, 0.3) is 17.2 Å². The molecule has 0 saturated heterocycles. The Labute approximate surface area is 227 Å². The van der Waals surface area contributed by atoms with Gasteiger partial charge in [-0.05, 0) is 77.4 Å². The number of halogens is 2. The summed E-state index contributed by atoms with van der Waals surface area (Å²) >= 11 is 0. The maximum atomic E-state index is 15.8. The number of carboxylic acid groups (broad SMARTS) is 1. The third-order valence-corrected chi connectivity index (χ3v) is 7.40. The molecule has 5 nitrogen and oxygen atoms in total. The summed E-state index contributed by atoms with van der Waals surface area (Å²) in [6.45, 7) is 6.33. The predicted octanol–water partition coefficient (Wildman–Crippen LogP) is 7.13. The summed E-state index contributed by atoms with van der Waals surface area (Å²) in [5, 5.41) is 13.2. The molecule has 0 spiro atoms. The molecule has 0 bridgehead atoms. The molecule has 0 amide bonds. The molecule has 5 rings (SSSR count). The van der Waals surface area contributed by atoms with Gasteiger partial charge in [-0.25, -0.2) is 13.6 Å². The zero-order chi connectivity index (χ0) is 27.8. The number of carbonyl (C=O) groups is 1. The highest BCUT2D eigenvalue weighted by molar-refractivity contribution is 5.85. The third kappa shape index (κ3) is 5.21. The summed E-state index contributed by atoms with van der Waals surface area (Å²) in [7, 11) is 1.86. The lowest BCUT2D eigenvalue weighted by atomic mass is 9.82. The zero-order valence-electron chi connectivity index (χ0n) is 22.4. The minimum atomic E-state index is -1.18. The molecule has 39 heavy (non-hydrogen) atoms. The van der Waals surface area contributed by atoms with Crippen LogP contribution in [0.1, 0.15) is 60.5 Å². The van der Waals surface area contributed by atoms with E-state index in [1.165, 1.54) is 23.8 Å². The molecule has 2 atom stereocenters. The molecule has 200 valence electrons. The lowest BCUT2D eigenvalue weighted by Gasteiger charge is -2.44. The minimum Gasteiger partial charge on any atom is -0.478 e. The van der Waals surface area contributed by atoms with Crippen molar-refractivity contribution >= 4 is 17.7 Å². The average Bonchev–Trinajstić information content (AvgIpc) is 3.33. The average molecular weight is 528 g/mol. The number of aromatic nitrogens is 2. The summed E-state index contributed by atoms with van der Waals surface area (Å²) in [6, 6.07) is 15.8. The largest absolute Gasteiger partial charge is 0.478 e. The number of hydrogen-bond donors (Lipinski definition) is 1. The van der Waals surface area contributed by atoms with Crippen LogP contribution >= 0.6 is 0 Å². The van der Waals surface area contributed by atoms with Crippen molar-refractivity contribution in [3.8, 4) is 11.1 Å². The van der Waals surface area contributed by atoms with Gasteiger partial charge in [-0.3, -0.25) is 4.68 Å². The lowest BCUT2D eigenvalue weighted by molar-refractivity contribution is -0.131. The van der Waals surface area contributed by atoms with E-state index in [9.17, 15) is 4.79 Å². The quantitative estimate of drug-likeness (QED) is 0.271. The van der Waals surface area contributed by atoms with Crippen LogP contribution in [0, 0.1) is 11.6 Å². The second-order valence-electron chi connectivity index (χ2n) is 10.5. The highest BCUT2D eigenvalue weighted by Crippen LogP contribution is 2.44. The maximum absolute atomic E-state index is 15.8. The number of benzene rings is 3. The number of fused-ring (bicyclic) bond motifs is 1. The molecule has 0 saturated carbocycles. The van der Waals surface area contributed by atoms with Crippen LogP contribution in [-0.2, 0) is 18.3 Å². The van der Waals surface area contributed by atoms with E-state index < -0.39 is 23.6 Å². The summed E-state index contributed by atoms with van der Waals surface area (Å²) < 4.78 is 33.3. The third-order valence-electron chi connectivity index (χ3n) is 7.40. The Morgan fingerprint density at radius 2 is 1.74 bits per heavy atom. The summed E-state index contributed by atoms with van der Waals surface area (Å²) in [4.78, 5) is 13.0. The fourth-order valence-corrected chi connectivity index (χ4v) is 5.48. The van der Waals surface area contributed by atoms with E-state index in [0.29, 0.717) is 12.3 Å². The van der Waals surface area contributed by atoms with E-state index in [2.05, 4.69) is 49.0 Å². The molecule has 1 N–H and O–H groups in total. The molecule has 2 heterocycles. The summed E-state index contributed by atoms with van der Waals surface area (Å²) in [6.07, 6.45) is 6.51. The number of aliphatic carboxylic acids is 1. The normalized spacial score (nSPS) is 17.2. The number of rotatable bonds is 6. The van der Waals surface area contributed by atoms with Gasteiger partial charge in [0, 0.05) is 36.6 Å². The molecule has 7 heteroatoms. The zero-order valence-corrected chi connectivity index (χ0v) is 22.4. The number of nitrogens with zero attached hydrogens (tertiary/aromatic N) is 3. The fraction of sp³-hybridized carbons (Fsp3) is 0.250. The Morgan fingerprint density at radius 1 is 1.05 bits per heavy atom. The van der Waals surface area contributed by atoms with Crippen LogP contribution in [0.3, 0.4) is 0 Å². The molecule has 1 aliphatic heterocycles. The van der Waals surface area contributed by atoms with Gasteiger partial charge >= 0.3 is 5.97 Å². The first-order chi connectivity index (χ1) is 18.6. The van der Waals surface area contributed by atoms with Gasteiger partial charge in [-0.1, -0.05) is 44.2 Å². The van der Waals surface area contributed by atoms with Gasteiger partial charge in [0.2, 0.25) is 0 Å². The minimum absolute atomic E-state index is 0.0538. The SMILES string of the molecule is CC(C)c1ccc(N2[C@H](c3c(F)cc(/C=C/C(=O)O)cc3F)c3ccc(-c4cnn(C)c4)cc3C[C@H]2C)cc1.